The predicted molar refractivity (Wildman–Crippen MR) is 73.8 cm³/mol. The quantitative estimate of drug-likeness (QED) is 0.893. The number of benzene rings is 2. The minimum Gasteiger partial charge on any atom is -0.496 e. The molecule has 0 unspecified atom stereocenters. The number of rotatable bonds is 3. The third kappa shape index (κ3) is 2.12. The van der Waals surface area contributed by atoms with Crippen molar-refractivity contribution in [3.05, 3.63) is 53.1 Å². The van der Waals surface area contributed by atoms with E-state index in [4.69, 9.17) is 4.74 Å². The molecule has 0 radical (unpaired) electrons. The molecule has 2 heteroatoms. The van der Waals surface area contributed by atoms with Crippen LogP contribution in [0.5, 0.6) is 5.75 Å². The number of aliphatic hydroxyl groups excluding tert-OH is 1. The maximum Gasteiger partial charge on any atom is 0.124 e. The average Bonchev–Trinajstić information content (AvgIpc) is 2.39. The SMILES string of the molecule is COc1cc(C)c(-c2ccccc2)c(C)c1CO. The van der Waals surface area contributed by atoms with Crippen molar-refractivity contribution < 1.29 is 9.84 Å². The van der Waals surface area contributed by atoms with Gasteiger partial charge in [0.2, 0.25) is 0 Å². The first-order chi connectivity index (χ1) is 8.69. The van der Waals surface area contributed by atoms with Crippen molar-refractivity contribution in [2.75, 3.05) is 7.11 Å². The zero-order valence-electron chi connectivity index (χ0n) is 11.0. The summed E-state index contributed by atoms with van der Waals surface area (Å²) in [6.07, 6.45) is 0. The molecule has 0 aromatic heterocycles. The molecular weight excluding hydrogens is 224 g/mol. The van der Waals surface area contributed by atoms with E-state index in [2.05, 4.69) is 19.1 Å². The molecule has 0 bridgehead atoms. The van der Waals surface area contributed by atoms with Crippen molar-refractivity contribution >= 4 is 0 Å². The molecule has 0 aliphatic heterocycles. The molecule has 1 N–H and O–H groups in total. The lowest BCUT2D eigenvalue weighted by Crippen LogP contribution is -2.00. The lowest BCUT2D eigenvalue weighted by Gasteiger charge is -2.17. The third-order valence-corrected chi connectivity index (χ3v) is 3.31. The molecule has 0 saturated heterocycles. The second-order valence-corrected chi connectivity index (χ2v) is 4.40. The highest BCUT2D eigenvalue weighted by atomic mass is 16.5. The molecule has 2 nitrogen and oxygen atoms in total. The van der Waals surface area contributed by atoms with E-state index in [9.17, 15) is 5.11 Å². The highest BCUT2D eigenvalue weighted by Crippen LogP contribution is 2.34. The van der Waals surface area contributed by atoms with Crippen LogP contribution in [0.4, 0.5) is 0 Å². The summed E-state index contributed by atoms with van der Waals surface area (Å²) >= 11 is 0. The van der Waals surface area contributed by atoms with Crippen molar-refractivity contribution in [3.8, 4) is 16.9 Å². The monoisotopic (exact) mass is 242 g/mol. The normalized spacial score (nSPS) is 10.4. The Labute approximate surface area is 108 Å². The van der Waals surface area contributed by atoms with Gasteiger partial charge in [-0.15, -0.1) is 0 Å². The van der Waals surface area contributed by atoms with E-state index >= 15 is 0 Å². The molecule has 18 heavy (non-hydrogen) atoms. The second kappa shape index (κ2) is 5.23. The van der Waals surface area contributed by atoms with Crippen LogP contribution in [0.25, 0.3) is 11.1 Å². The Bertz CT molecular complexity index is 545. The van der Waals surface area contributed by atoms with E-state index in [0.29, 0.717) is 0 Å². The molecule has 0 aliphatic carbocycles. The Hall–Kier alpha value is -1.80. The first kappa shape index (κ1) is 12.7. The number of aliphatic hydroxyl groups is 1. The van der Waals surface area contributed by atoms with Crippen LogP contribution in [0, 0.1) is 13.8 Å². The second-order valence-electron chi connectivity index (χ2n) is 4.40. The minimum absolute atomic E-state index is 0.00484. The molecule has 2 aromatic rings. The first-order valence-corrected chi connectivity index (χ1v) is 6.02. The maximum atomic E-state index is 9.51. The van der Waals surface area contributed by atoms with Crippen molar-refractivity contribution in [2.45, 2.75) is 20.5 Å². The van der Waals surface area contributed by atoms with Crippen LogP contribution in [0.1, 0.15) is 16.7 Å². The van der Waals surface area contributed by atoms with E-state index in [1.165, 1.54) is 11.1 Å². The summed E-state index contributed by atoms with van der Waals surface area (Å²) in [5, 5.41) is 9.51. The molecule has 2 aromatic carbocycles. The van der Waals surface area contributed by atoms with E-state index in [1.54, 1.807) is 7.11 Å². The van der Waals surface area contributed by atoms with Gasteiger partial charge in [-0.25, -0.2) is 0 Å². The van der Waals surface area contributed by atoms with Crippen molar-refractivity contribution in [3.63, 3.8) is 0 Å². The lowest BCUT2D eigenvalue weighted by atomic mass is 9.92. The summed E-state index contributed by atoms with van der Waals surface area (Å²) in [6, 6.07) is 12.2. The summed E-state index contributed by atoms with van der Waals surface area (Å²) in [7, 11) is 1.63. The lowest BCUT2D eigenvalue weighted by molar-refractivity contribution is 0.273. The van der Waals surface area contributed by atoms with Crippen LogP contribution in [0.2, 0.25) is 0 Å². The van der Waals surface area contributed by atoms with Gasteiger partial charge >= 0.3 is 0 Å². The van der Waals surface area contributed by atoms with Crippen molar-refractivity contribution in [1.82, 2.24) is 0 Å². The Morgan fingerprint density at radius 2 is 1.78 bits per heavy atom. The van der Waals surface area contributed by atoms with Gasteiger partial charge in [-0.05, 0) is 42.2 Å². The number of aryl methyl sites for hydroxylation is 1. The highest BCUT2D eigenvalue weighted by molar-refractivity contribution is 5.73. The van der Waals surface area contributed by atoms with E-state index in [1.807, 2.05) is 31.2 Å². The van der Waals surface area contributed by atoms with Crippen molar-refractivity contribution in [2.24, 2.45) is 0 Å². The smallest absolute Gasteiger partial charge is 0.124 e. The fourth-order valence-electron chi connectivity index (χ4n) is 2.41. The largest absolute Gasteiger partial charge is 0.496 e. The summed E-state index contributed by atoms with van der Waals surface area (Å²) in [4.78, 5) is 0. The number of hydrogen-bond donors (Lipinski definition) is 1. The summed E-state index contributed by atoms with van der Waals surface area (Å²) in [5.74, 6) is 0.757. The number of methoxy groups -OCH3 is 1. The van der Waals surface area contributed by atoms with Gasteiger partial charge < -0.3 is 9.84 Å². The number of ether oxygens (including phenoxy) is 1. The molecular formula is C16H18O2. The fourth-order valence-corrected chi connectivity index (χ4v) is 2.41. The summed E-state index contributed by atoms with van der Waals surface area (Å²) in [5.41, 5.74) is 5.46. The Kier molecular flexibility index (Phi) is 3.68. The Balaban J connectivity index is 2.69. The molecule has 0 fully saturated rings. The third-order valence-electron chi connectivity index (χ3n) is 3.31. The van der Waals surface area contributed by atoms with Gasteiger partial charge in [0.05, 0.1) is 13.7 Å². The molecule has 0 amide bonds. The average molecular weight is 242 g/mol. The van der Waals surface area contributed by atoms with Gasteiger partial charge in [0.1, 0.15) is 5.75 Å². The number of hydrogen-bond acceptors (Lipinski definition) is 2. The minimum atomic E-state index is -0.00484. The molecule has 0 saturated carbocycles. The van der Waals surface area contributed by atoms with E-state index < -0.39 is 0 Å². The first-order valence-electron chi connectivity index (χ1n) is 6.02. The van der Waals surface area contributed by atoms with Crippen molar-refractivity contribution in [1.29, 1.82) is 0 Å². The van der Waals surface area contributed by atoms with Crippen LogP contribution >= 0.6 is 0 Å². The summed E-state index contributed by atoms with van der Waals surface area (Å²) < 4.78 is 5.33. The zero-order chi connectivity index (χ0) is 13.1. The predicted octanol–water partition coefficient (Wildman–Crippen LogP) is 3.47. The van der Waals surface area contributed by atoms with E-state index in [-0.39, 0.29) is 6.61 Å². The van der Waals surface area contributed by atoms with Crippen LogP contribution in [0.3, 0.4) is 0 Å². The van der Waals surface area contributed by atoms with Gasteiger partial charge in [0.25, 0.3) is 0 Å². The van der Waals surface area contributed by atoms with Gasteiger partial charge in [-0.1, -0.05) is 30.3 Å². The van der Waals surface area contributed by atoms with Gasteiger partial charge in [0, 0.05) is 5.56 Å². The van der Waals surface area contributed by atoms with Crippen LogP contribution in [-0.4, -0.2) is 12.2 Å². The standard InChI is InChI=1S/C16H18O2/c1-11-9-15(18-3)14(10-17)12(2)16(11)13-7-5-4-6-8-13/h4-9,17H,10H2,1-3H3. The van der Waals surface area contributed by atoms with Gasteiger partial charge in [-0.3, -0.25) is 0 Å². The Morgan fingerprint density at radius 3 is 2.33 bits per heavy atom. The summed E-state index contributed by atoms with van der Waals surface area (Å²) in [6.45, 7) is 4.09. The van der Waals surface area contributed by atoms with Gasteiger partial charge in [0.15, 0.2) is 0 Å². The molecule has 0 heterocycles. The fraction of sp³-hybridized carbons (Fsp3) is 0.250. The highest BCUT2D eigenvalue weighted by Gasteiger charge is 2.14. The zero-order valence-corrected chi connectivity index (χ0v) is 11.0. The molecule has 0 aliphatic rings. The maximum absolute atomic E-state index is 9.51. The molecule has 0 atom stereocenters. The molecule has 94 valence electrons. The van der Waals surface area contributed by atoms with Crippen LogP contribution in [0.15, 0.2) is 36.4 Å². The van der Waals surface area contributed by atoms with Crippen LogP contribution in [-0.2, 0) is 6.61 Å². The van der Waals surface area contributed by atoms with Gasteiger partial charge in [-0.2, -0.15) is 0 Å². The topological polar surface area (TPSA) is 29.5 Å². The Morgan fingerprint density at radius 1 is 1.11 bits per heavy atom. The molecule has 2 rings (SSSR count). The van der Waals surface area contributed by atoms with Crippen LogP contribution < -0.4 is 4.74 Å². The van der Waals surface area contributed by atoms with E-state index in [0.717, 1.165) is 22.4 Å². The molecule has 0 spiro atoms.